The third-order valence-corrected chi connectivity index (χ3v) is 4.61. The summed E-state index contributed by atoms with van der Waals surface area (Å²) in [5, 5.41) is 11.2. The molecule has 0 atom stereocenters. The summed E-state index contributed by atoms with van der Waals surface area (Å²) in [7, 11) is 0. The molecule has 2 aromatic rings. The Labute approximate surface area is 180 Å². The standard InChI is InChI=1S/C23H37N5O2/c1-6-24-23(25-11-8-12-28-20(5)16-19(4)27-28)26-17-21-10-9-18(3)15-22(21)30-14-13-29-7-2/h9-10,15-16H,6-8,11-14,17H2,1-5H3,(H2,24,25,26). The first-order chi connectivity index (χ1) is 14.5. The highest BCUT2D eigenvalue weighted by molar-refractivity contribution is 5.79. The Bertz CT molecular complexity index is 801. The van der Waals surface area contributed by atoms with Crippen molar-refractivity contribution in [3.05, 3.63) is 46.8 Å². The Hall–Kier alpha value is -2.54. The summed E-state index contributed by atoms with van der Waals surface area (Å²) >= 11 is 0. The highest BCUT2D eigenvalue weighted by Gasteiger charge is 2.06. The van der Waals surface area contributed by atoms with Crippen LogP contribution in [-0.4, -0.2) is 48.7 Å². The average Bonchev–Trinajstić information content (AvgIpc) is 3.04. The summed E-state index contributed by atoms with van der Waals surface area (Å²) in [5.74, 6) is 1.69. The molecule has 0 aliphatic rings. The van der Waals surface area contributed by atoms with Crippen molar-refractivity contribution in [2.75, 3.05) is 32.9 Å². The number of aryl methyl sites for hydroxylation is 4. The van der Waals surface area contributed by atoms with Gasteiger partial charge in [-0.1, -0.05) is 12.1 Å². The minimum absolute atomic E-state index is 0.540. The second-order valence-electron chi connectivity index (χ2n) is 7.28. The Balaban J connectivity index is 1.90. The Morgan fingerprint density at radius 1 is 1.10 bits per heavy atom. The van der Waals surface area contributed by atoms with E-state index < -0.39 is 0 Å². The molecule has 0 saturated carbocycles. The van der Waals surface area contributed by atoms with Crippen LogP contribution in [0.15, 0.2) is 29.3 Å². The van der Waals surface area contributed by atoms with Gasteiger partial charge in [0.1, 0.15) is 12.4 Å². The highest BCUT2D eigenvalue weighted by atomic mass is 16.5. The maximum absolute atomic E-state index is 5.93. The van der Waals surface area contributed by atoms with Gasteiger partial charge in [-0.05, 0) is 58.7 Å². The molecule has 0 amide bonds. The summed E-state index contributed by atoms with van der Waals surface area (Å²) in [5.41, 5.74) is 4.50. The van der Waals surface area contributed by atoms with E-state index in [1.54, 1.807) is 0 Å². The third kappa shape index (κ3) is 8.06. The van der Waals surface area contributed by atoms with E-state index in [9.17, 15) is 0 Å². The van der Waals surface area contributed by atoms with E-state index in [0.29, 0.717) is 26.4 Å². The molecular formula is C23H37N5O2. The van der Waals surface area contributed by atoms with E-state index in [4.69, 9.17) is 14.5 Å². The minimum atomic E-state index is 0.540. The molecule has 0 radical (unpaired) electrons. The number of aromatic nitrogens is 2. The molecular weight excluding hydrogens is 378 g/mol. The molecule has 1 heterocycles. The van der Waals surface area contributed by atoms with Gasteiger partial charge < -0.3 is 20.1 Å². The maximum atomic E-state index is 5.93. The molecule has 7 nitrogen and oxygen atoms in total. The summed E-state index contributed by atoms with van der Waals surface area (Å²) in [6.07, 6.45) is 0.975. The van der Waals surface area contributed by atoms with Crippen LogP contribution in [0.4, 0.5) is 0 Å². The third-order valence-electron chi connectivity index (χ3n) is 4.61. The van der Waals surface area contributed by atoms with Gasteiger partial charge in [-0.15, -0.1) is 0 Å². The molecule has 0 fully saturated rings. The lowest BCUT2D eigenvalue weighted by atomic mass is 10.1. The number of ether oxygens (including phenoxy) is 2. The first kappa shape index (κ1) is 23.7. The van der Waals surface area contributed by atoms with Crippen LogP contribution >= 0.6 is 0 Å². The van der Waals surface area contributed by atoms with E-state index in [1.807, 2.05) is 13.8 Å². The van der Waals surface area contributed by atoms with Crippen LogP contribution in [0.1, 0.15) is 42.8 Å². The second kappa shape index (κ2) is 12.9. The van der Waals surface area contributed by atoms with Crippen molar-refractivity contribution < 1.29 is 9.47 Å². The molecule has 0 spiro atoms. The van der Waals surface area contributed by atoms with Gasteiger partial charge in [-0.25, -0.2) is 4.99 Å². The van der Waals surface area contributed by atoms with Crippen LogP contribution in [0.5, 0.6) is 5.75 Å². The average molecular weight is 416 g/mol. The fourth-order valence-corrected chi connectivity index (χ4v) is 3.12. The molecule has 1 aromatic carbocycles. The Kier molecular flexibility index (Phi) is 10.2. The van der Waals surface area contributed by atoms with E-state index in [1.165, 1.54) is 11.3 Å². The summed E-state index contributed by atoms with van der Waals surface area (Å²) in [6, 6.07) is 8.34. The number of rotatable bonds is 12. The molecule has 0 aliphatic carbocycles. The molecule has 2 N–H and O–H groups in total. The Morgan fingerprint density at radius 3 is 2.63 bits per heavy atom. The highest BCUT2D eigenvalue weighted by Crippen LogP contribution is 2.21. The lowest BCUT2D eigenvalue weighted by molar-refractivity contribution is 0.110. The SMILES string of the molecule is CCNC(=NCc1ccc(C)cc1OCCOCC)NCCCn1nc(C)cc1C. The van der Waals surface area contributed by atoms with Crippen LogP contribution in [0, 0.1) is 20.8 Å². The van der Waals surface area contributed by atoms with Crippen LogP contribution in [0.25, 0.3) is 0 Å². The van der Waals surface area contributed by atoms with Gasteiger partial charge in [0.2, 0.25) is 0 Å². The summed E-state index contributed by atoms with van der Waals surface area (Å²) < 4.78 is 13.4. The molecule has 0 unspecified atom stereocenters. The van der Waals surface area contributed by atoms with E-state index in [-0.39, 0.29) is 0 Å². The number of aliphatic imine (C=N–C) groups is 1. The van der Waals surface area contributed by atoms with E-state index in [0.717, 1.165) is 49.0 Å². The molecule has 2 rings (SSSR count). The zero-order chi connectivity index (χ0) is 21.8. The molecule has 1 aromatic heterocycles. The Morgan fingerprint density at radius 2 is 1.93 bits per heavy atom. The summed E-state index contributed by atoms with van der Waals surface area (Å²) in [6.45, 7) is 15.2. The number of hydrogen-bond donors (Lipinski definition) is 2. The van der Waals surface area contributed by atoms with Crippen LogP contribution in [0.2, 0.25) is 0 Å². The quantitative estimate of drug-likeness (QED) is 0.316. The predicted octanol–water partition coefficient (Wildman–Crippen LogP) is 3.37. The maximum Gasteiger partial charge on any atom is 0.191 e. The second-order valence-corrected chi connectivity index (χ2v) is 7.28. The van der Waals surface area contributed by atoms with E-state index >= 15 is 0 Å². The van der Waals surface area contributed by atoms with Gasteiger partial charge in [0.25, 0.3) is 0 Å². The van der Waals surface area contributed by atoms with Gasteiger partial charge in [0.15, 0.2) is 5.96 Å². The molecule has 0 aliphatic heterocycles. The van der Waals surface area contributed by atoms with Crippen molar-refractivity contribution in [3.8, 4) is 5.75 Å². The van der Waals surface area contributed by atoms with Crippen molar-refractivity contribution in [2.24, 2.45) is 4.99 Å². The smallest absolute Gasteiger partial charge is 0.191 e. The summed E-state index contributed by atoms with van der Waals surface area (Å²) in [4.78, 5) is 4.75. The molecule has 0 bridgehead atoms. The van der Waals surface area contributed by atoms with E-state index in [2.05, 4.69) is 65.5 Å². The van der Waals surface area contributed by atoms with Gasteiger partial charge in [0.05, 0.1) is 18.8 Å². The van der Waals surface area contributed by atoms with Crippen molar-refractivity contribution in [1.82, 2.24) is 20.4 Å². The first-order valence-corrected chi connectivity index (χ1v) is 10.9. The van der Waals surface area contributed by atoms with Crippen LogP contribution in [0.3, 0.4) is 0 Å². The molecule has 166 valence electrons. The fourth-order valence-electron chi connectivity index (χ4n) is 3.12. The van der Waals surface area contributed by atoms with Gasteiger partial charge >= 0.3 is 0 Å². The monoisotopic (exact) mass is 415 g/mol. The number of hydrogen-bond acceptors (Lipinski definition) is 4. The van der Waals surface area contributed by atoms with Gasteiger partial charge in [0, 0.05) is 37.5 Å². The van der Waals surface area contributed by atoms with Crippen LogP contribution < -0.4 is 15.4 Å². The normalized spacial score (nSPS) is 11.6. The van der Waals surface area contributed by atoms with Crippen molar-refractivity contribution in [3.63, 3.8) is 0 Å². The molecule has 30 heavy (non-hydrogen) atoms. The van der Waals surface area contributed by atoms with Crippen molar-refractivity contribution in [2.45, 2.75) is 54.1 Å². The fraction of sp³-hybridized carbons (Fsp3) is 0.565. The lowest BCUT2D eigenvalue weighted by Gasteiger charge is -2.14. The molecule has 7 heteroatoms. The lowest BCUT2D eigenvalue weighted by Crippen LogP contribution is -2.38. The van der Waals surface area contributed by atoms with Crippen molar-refractivity contribution in [1.29, 1.82) is 0 Å². The number of benzene rings is 1. The molecule has 0 saturated heterocycles. The zero-order valence-corrected chi connectivity index (χ0v) is 19.1. The largest absolute Gasteiger partial charge is 0.491 e. The van der Waals surface area contributed by atoms with Crippen molar-refractivity contribution >= 4 is 5.96 Å². The first-order valence-electron chi connectivity index (χ1n) is 10.9. The van der Waals surface area contributed by atoms with Gasteiger partial charge in [-0.3, -0.25) is 4.68 Å². The predicted molar refractivity (Wildman–Crippen MR) is 122 cm³/mol. The zero-order valence-electron chi connectivity index (χ0n) is 19.1. The van der Waals surface area contributed by atoms with Crippen LogP contribution in [-0.2, 0) is 17.8 Å². The number of guanidine groups is 1. The number of nitrogens with zero attached hydrogens (tertiary/aromatic N) is 3. The van der Waals surface area contributed by atoms with Gasteiger partial charge in [-0.2, -0.15) is 5.10 Å². The minimum Gasteiger partial charge on any atom is -0.491 e. The number of nitrogens with one attached hydrogen (secondary N) is 2. The topological polar surface area (TPSA) is 72.7 Å².